The Hall–Kier alpha value is -3.53. The first-order valence-electron chi connectivity index (χ1n) is 12.3. The zero-order chi connectivity index (χ0) is 26.4. The van der Waals surface area contributed by atoms with E-state index in [-0.39, 0.29) is 22.4 Å². The third kappa shape index (κ3) is 7.03. The van der Waals surface area contributed by atoms with Crippen molar-refractivity contribution in [3.8, 4) is 22.9 Å². The Balaban J connectivity index is 1.64. The number of nitrogens with zero attached hydrogens (tertiary/aromatic N) is 2. The van der Waals surface area contributed by atoms with Gasteiger partial charge in [-0.25, -0.2) is 19.1 Å². The van der Waals surface area contributed by atoms with E-state index in [1.54, 1.807) is 12.1 Å². The van der Waals surface area contributed by atoms with Gasteiger partial charge in [0.1, 0.15) is 17.1 Å². The van der Waals surface area contributed by atoms with Gasteiger partial charge in [-0.15, -0.1) is 0 Å². The molecule has 0 radical (unpaired) electrons. The Morgan fingerprint density at radius 1 is 1.11 bits per heavy atom. The van der Waals surface area contributed by atoms with E-state index in [1.165, 1.54) is 42.6 Å². The number of aromatic nitrogens is 2. The molecule has 0 saturated heterocycles. The van der Waals surface area contributed by atoms with Crippen molar-refractivity contribution in [2.45, 2.75) is 44.6 Å². The molecular formula is C27H30FN3O5S. The van der Waals surface area contributed by atoms with E-state index in [2.05, 4.69) is 9.97 Å². The molecule has 4 rings (SSSR count). The fourth-order valence-electron chi connectivity index (χ4n) is 4.05. The molecule has 0 unspecified atom stereocenters. The van der Waals surface area contributed by atoms with Crippen LogP contribution in [0.3, 0.4) is 0 Å². The van der Waals surface area contributed by atoms with Crippen molar-refractivity contribution < 1.29 is 27.1 Å². The lowest BCUT2D eigenvalue weighted by atomic mass is 10.1. The van der Waals surface area contributed by atoms with E-state index in [1.807, 2.05) is 18.6 Å². The van der Waals surface area contributed by atoms with E-state index in [0.29, 0.717) is 36.1 Å². The fourth-order valence-corrected chi connectivity index (χ4v) is 4.97. The van der Waals surface area contributed by atoms with Gasteiger partial charge in [-0.2, -0.15) is 8.42 Å². The van der Waals surface area contributed by atoms with Gasteiger partial charge in [-0.1, -0.05) is 32.8 Å². The van der Waals surface area contributed by atoms with Crippen LogP contribution >= 0.6 is 0 Å². The zero-order valence-electron chi connectivity index (χ0n) is 20.8. The monoisotopic (exact) mass is 527 g/mol. The second-order valence-corrected chi connectivity index (χ2v) is 11.1. The number of hydrogen-bond donors (Lipinski definition) is 1. The van der Waals surface area contributed by atoms with E-state index in [9.17, 15) is 17.6 Å². The lowest BCUT2D eigenvalue weighted by molar-refractivity contribution is 0.0975. The molecule has 1 fully saturated rings. The van der Waals surface area contributed by atoms with Gasteiger partial charge < -0.3 is 9.47 Å². The van der Waals surface area contributed by atoms with Gasteiger partial charge in [0.05, 0.1) is 18.9 Å². The molecule has 1 aliphatic carbocycles. The van der Waals surface area contributed by atoms with Gasteiger partial charge in [-0.05, 0) is 61.1 Å². The largest absolute Gasteiger partial charge is 0.493 e. The molecule has 37 heavy (non-hydrogen) atoms. The highest BCUT2D eigenvalue weighted by Gasteiger charge is 2.25. The minimum atomic E-state index is -4.20. The standard InChI is InChI=1S/C27H30FN3O5S/c1-18(2)16-35-22-14-20(13-21(28)15-22)24-11-10-23(27(30-24)36-17-19-7-3-4-8-19)26(32)31-37(33,34)25-9-5-6-12-29-25/h5-6,9-15,18-19H,3-4,7-8,16-17H2,1-2H3,(H,31,32). The van der Waals surface area contributed by atoms with Crippen molar-refractivity contribution in [1.82, 2.24) is 14.7 Å². The van der Waals surface area contributed by atoms with Crippen LogP contribution < -0.4 is 14.2 Å². The molecule has 1 N–H and O–H groups in total. The summed E-state index contributed by atoms with van der Waals surface area (Å²) in [5.74, 6) is -0.459. The Morgan fingerprint density at radius 2 is 1.89 bits per heavy atom. The van der Waals surface area contributed by atoms with Crippen molar-refractivity contribution in [3.05, 3.63) is 66.1 Å². The molecule has 10 heteroatoms. The summed E-state index contributed by atoms with van der Waals surface area (Å²) in [5, 5.41) is -0.282. The summed E-state index contributed by atoms with van der Waals surface area (Å²) in [6.07, 6.45) is 5.56. The summed E-state index contributed by atoms with van der Waals surface area (Å²) < 4.78 is 53.3. The number of pyridine rings is 2. The Labute approximate surface area is 216 Å². The molecule has 1 amide bonds. The smallest absolute Gasteiger partial charge is 0.281 e. The molecular weight excluding hydrogens is 497 g/mol. The van der Waals surface area contributed by atoms with Crippen molar-refractivity contribution in [1.29, 1.82) is 0 Å². The van der Waals surface area contributed by atoms with Crippen LogP contribution in [0.2, 0.25) is 0 Å². The van der Waals surface area contributed by atoms with Crippen LogP contribution in [0.15, 0.2) is 59.8 Å². The van der Waals surface area contributed by atoms with Gasteiger partial charge in [-0.3, -0.25) is 4.79 Å². The first kappa shape index (κ1) is 26.5. The SMILES string of the molecule is CC(C)COc1cc(F)cc(-c2ccc(C(=O)NS(=O)(=O)c3ccccn3)c(OCC3CCCC3)n2)c1. The fraction of sp³-hybridized carbons (Fsp3) is 0.370. The summed E-state index contributed by atoms with van der Waals surface area (Å²) in [5.41, 5.74) is 0.755. The first-order valence-corrected chi connectivity index (χ1v) is 13.8. The van der Waals surface area contributed by atoms with Crippen LogP contribution in [0.1, 0.15) is 49.9 Å². The summed E-state index contributed by atoms with van der Waals surface area (Å²) in [4.78, 5) is 21.3. The number of carbonyl (C=O) groups is 1. The third-order valence-corrected chi connectivity index (χ3v) is 7.17. The third-order valence-electron chi connectivity index (χ3n) is 5.93. The molecule has 196 valence electrons. The number of hydrogen-bond acceptors (Lipinski definition) is 7. The van der Waals surface area contributed by atoms with Crippen LogP contribution in [-0.4, -0.2) is 37.5 Å². The lowest BCUT2D eigenvalue weighted by Gasteiger charge is -2.15. The maximum absolute atomic E-state index is 14.4. The second kappa shape index (κ2) is 11.7. The highest BCUT2D eigenvalue weighted by Crippen LogP contribution is 2.30. The van der Waals surface area contributed by atoms with Gasteiger partial charge in [0, 0.05) is 17.8 Å². The summed E-state index contributed by atoms with van der Waals surface area (Å²) in [6.45, 7) is 4.76. The minimum Gasteiger partial charge on any atom is -0.493 e. The normalized spacial score (nSPS) is 14.1. The van der Waals surface area contributed by atoms with Crippen LogP contribution in [0.4, 0.5) is 4.39 Å². The molecule has 3 aromatic rings. The zero-order valence-corrected chi connectivity index (χ0v) is 21.6. The number of nitrogens with one attached hydrogen (secondary N) is 1. The predicted octanol–water partition coefficient (Wildman–Crippen LogP) is 5.01. The molecule has 0 aliphatic heterocycles. The van der Waals surface area contributed by atoms with E-state index in [0.717, 1.165) is 25.7 Å². The molecule has 2 aromatic heterocycles. The minimum absolute atomic E-state index is 0.0213. The number of sulfonamides is 1. The molecule has 0 spiro atoms. The van der Waals surface area contributed by atoms with Gasteiger partial charge in [0.2, 0.25) is 5.88 Å². The van der Waals surface area contributed by atoms with Crippen molar-refractivity contribution >= 4 is 15.9 Å². The molecule has 1 aliphatic rings. The number of carbonyl (C=O) groups excluding carboxylic acids is 1. The summed E-state index contributed by atoms with van der Waals surface area (Å²) >= 11 is 0. The summed E-state index contributed by atoms with van der Waals surface area (Å²) in [7, 11) is -4.20. The van der Waals surface area contributed by atoms with Crippen molar-refractivity contribution in [2.75, 3.05) is 13.2 Å². The van der Waals surface area contributed by atoms with Gasteiger partial charge in [0.15, 0.2) is 5.03 Å². The maximum atomic E-state index is 14.4. The van der Waals surface area contributed by atoms with Gasteiger partial charge in [0.25, 0.3) is 15.9 Å². The Bertz CT molecular complexity index is 1340. The summed E-state index contributed by atoms with van der Waals surface area (Å²) in [6, 6.07) is 11.6. The van der Waals surface area contributed by atoms with Gasteiger partial charge >= 0.3 is 0 Å². The molecule has 2 heterocycles. The Kier molecular flexibility index (Phi) is 8.38. The number of benzene rings is 1. The van der Waals surface area contributed by atoms with Crippen LogP contribution in [0.25, 0.3) is 11.3 Å². The highest BCUT2D eigenvalue weighted by atomic mass is 32.2. The molecule has 8 nitrogen and oxygen atoms in total. The predicted molar refractivity (Wildman–Crippen MR) is 136 cm³/mol. The van der Waals surface area contributed by atoms with Crippen LogP contribution in [-0.2, 0) is 10.0 Å². The van der Waals surface area contributed by atoms with E-state index >= 15 is 0 Å². The number of ether oxygens (including phenoxy) is 2. The van der Waals surface area contributed by atoms with Crippen molar-refractivity contribution in [2.24, 2.45) is 11.8 Å². The maximum Gasteiger partial charge on any atom is 0.281 e. The first-order chi connectivity index (χ1) is 17.7. The molecule has 1 aromatic carbocycles. The topological polar surface area (TPSA) is 107 Å². The van der Waals surface area contributed by atoms with Crippen molar-refractivity contribution in [3.63, 3.8) is 0 Å². The quantitative estimate of drug-likeness (QED) is 0.395. The number of halogens is 1. The van der Waals surface area contributed by atoms with E-state index < -0.39 is 21.7 Å². The average molecular weight is 528 g/mol. The highest BCUT2D eigenvalue weighted by molar-refractivity contribution is 7.90. The van der Waals surface area contributed by atoms with Crippen LogP contribution in [0.5, 0.6) is 11.6 Å². The molecule has 1 saturated carbocycles. The van der Waals surface area contributed by atoms with E-state index in [4.69, 9.17) is 9.47 Å². The average Bonchev–Trinajstić information content (AvgIpc) is 3.40. The van der Waals surface area contributed by atoms with Crippen LogP contribution in [0, 0.1) is 17.7 Å². The number of amides is 1. The second-order valence-electron chi connectivity index (χ2n) is 9.49. The lowest BCUT2D eigenvalue weighted by Crippen LogP contribution is -2.31. The Morgan fingerprint density at radius 3 is 2.59 bits per heavy atom. The number of rotatable bonds is 10. The molecule has 0 atom stereocenters. The molecule has 0 bridgehead atoms.